The van der Waals surface area contributed by atoms with Crippen LogP contribution in [0.15, 0.2) is 53.8 Å². The number of aromatic nitrogens is 1. The lowest BCUT2D eigenvalue weighted by Gasteiger charge is -2.35. The monoisotopic (exact) mass is 474 g/mol. The topological polar surface area (TPSA) is 87.2 Å². The van der Waals surface area contributed by atoms with Crippen molar-refractivity contribution in [3.05, 3.63) is 59.8 Å². The Hall–Kier alpha value is -3.81. The number of benzene rings is 2. The average Bonchev–Trinajstić information content (AvgIpc) is 3.45. The Kier molecular flexibility index (Phi) is 5.75. The molecule has 0 spiro atoms. The first-order valence-electron chi connectivity index (χ1n) is 11.9. The molecule has 0 unspecified atom stereocenters. The third-order valence-electron chi connectivity index (χ3n) is 7.12. The van der Waals surface area contributed by atoms with Gasteiger partial charge in [-0.15, -0.1) is 0 Å². The zero-order valence-electron chi connectivity index (χ0n) is 20.5. The second-order valence-corrected chi connectivity index (χ2v) is 9.56. The van der Waals surface area contributed by atoms with Gasteiger partial charge in [-0.05, 0) is 63.1 Å². The zero-order valence-corrected chi connectivity index (χ0v) is 20.5. The van der Waals surface area contributed by atoms with E-state index in [1.165, 1.54) is 0 Å². The fraction of sp³-hybridized carbons (Fsp3) is 0.370. The smallest absolute Gasteiger partial charge is 0.254 e. The second kappa shape index (κ2) is 8.76. The van der Waals surface area contributed by atoms with Crippen LogP contribution in [0.2, 0.25) is 0 Å². The van der Waals surface area contributed by atoms with Crippen LogP contribution in [0.25, 0.3) is 10.9 Å². The lowest BCUT2D eigenvalue weighted by Crippen LogP contribution is -2.47. The Morgan fingerprint density at radius 2 is 1.80 bits per heavy atom. The second-order valence-electron chi connectivity index (χ2n) is 9.56. The molecule has 0 bridgehead atoms. The molecule has 2 aliphatic heterocycles. The van der Waals surface area contributed by atoms with Gasteiger partial charge in [0.25, 0.3) is 11.8 Å². The van der Waals surface area contributed by atoms with Gasteiger partial charge in [0.05, 0.1) is 31.4 Å². The van der Waals surface area contributed by atoms with E-state index in [1.807, 2.05) is 67.4 Å². The minimum Gasteiger partial charge on any atom is -0.493 e. The number of carbonyl (C=O) groups is 2. The number of piperidine rings is 1. The number of rotatable bonds is 5. The number of aromatic amines is 1. The zero-order chi connectivity index (χ0) is 24.7. The Balaban J connectivity index is 1.34. The molecule has 3 aromatic rings. The van der Waals surface area contributed by atoms with Crippen molar-refractivity contribution in [3.8, 4) is 11.5 Å². The van der Waals surface area contributed by atoms with E-state index < -0.39 is 5.41 Å². The molecule has 1 aromatic heterocycles. The van der Waals surface area contributed by atoms with Gasteiger partial charge < -0.3 is 19.4 Å². The number of amides is 2. The van der Waals surface area contributed by atoms with Crippen LogP contribution in [0.4, 0.5) is 0 Å². The summed E-state index contributed by atoms with van der Waals surface area (Å²) in [6.07, 6.45) is 3.21. The first-order chi connectivity index (χ1) is 16.8. The maximum atomic E-state index is 13.4. The molecule has 1 saturated heterocycles. The maximum Gasteiger partial charge on any atom is 0.254 e. The molecule has 2 aromatic carbocycles. The molecule has 0 aliphatic carbocycles. The number of nitrogens with zero attached hydrogens (tertiary/aromatic N) is 3. The van der Waals surface area contributed by atoms with E-state index in [0.29, 0.717) is 48.7 Å². The van der Waals surface area contributed by atoms with E-state index in [2.05, 4.69) is 4.98 Å². The van der Waals surface area contributed by atoms with Crippen molar-refractivity contribution in [3.63, 3.8) is 0 Å². The summed E-state index contributed by atoms with van der Waals surface area (Å²) in [5.74, 6) is 1.22. The summed E-state index contributed by atoms with van der Waals surface area (Å²) in [6, 6.07) is 13.2. The third-order valence-corrected chi connectivity index (χ3v) is 7.12. The third kappa shape index (κ3) is 3.83. The van der Waals surface area contributed by atoms with Crippen molar-refractivity contribution in [1.82, 2.24) is 14.9 Å². The lowest BCUT2D eigenvalue weighted by molar-refractivity contribution is -0.137. The van der Waals surface area contributed by atoms with Gasteiger partial charge in [-0.1, -0.05) is 6.07 Å². The minimum atomic E-state index is -0.767. The highest BCUT2D eigenvalue weighted by atomic mass is 16.5. The van der Waals surface area contributed by atoms with Gasteiger partial charge in [-0.3, -0.25) is 9.59 Å². The van der Waals surface area contributed by atoms with Crippen LogP contribution in [0, 0.1) is 5.41 Å². The van der Waals surface area contributed by atoms with E-state index in [0.717, 1.165) is 16.5 Å². The van der Waals surface area contributed by atoms with Crippen molar-refractivity contribution in [2.45, 2.75) is 32.7 Å². The van der Waals surface area contributed by atoms with Crippen LogP contribution >= 0.6 is 0 Å². The molecule has 5 rings (SSSR count). The van der Waals surface area contributed by atoms with Gasteiger partial charge in [0.15, 0.2) is 11.5 Å². The average molecular weight is 475 g/mol. The molecule has 8 nitrogen and oxygen atoms in total. The van der Waals surface area contributed by atoms with E-state index in [9.17, 15) is 9.59 Å². The summed E-state index contributed by atoms with van der Waals surface area (Å²) in [5.41, 5.74) is 2.43. The van der Waals surface area contributed by atoms with Crippen molar-refractivity contribution in [2.24, 2.45) is 10.5 Å². The largest absolute Gasteiger partial charge is 0.493 e. The quantitative estimate of drug-likeness (QED) is 0.604. The van der Waals surface area contributed by atoms with E-state index in [4.69, 9.17) is 14.6 Å². The lowest BCUT2D eigenvalue weighted by atomic mass is 9.83. The van der Waals surface area contributed by atoms with Gasteiger partial charge in [0.1, 0.15) is 0 Å². The molecule has 2 amide bonds. The van der Waals surface area contributed by atoms with Crippen molar-refractivity contribution in [2.75, 3.05) is 27.3 Å². The standard InChI is InChI=1S/C27H30N4O4/c1-27(2)24(17-8-9-22(34-3)23(16-17)35-4)29-31(26(27)33)18-11-14-30(15-12-18)25(32)20-6-5-7-21-19(20)10-13-28-21/h5-10,13,16,18,28H,11-12,14-15H2,1-4H3. The number of hydrogen-bond donors (Lipinski definition) is 1. The Labute approximate surface area is 204 Å². The maximum absolute atomic E-state index is 13.4. The Morgan fingerprint density at radius 1 is 1.06 bits per heavy atom. The Morgan fingerprint density at radius 3 is 2.51 bits per heavy atom. The summed E-state index contributed by atoms with van der Waals surface area (Å²) in [6.45, 7) is 4.97. The predicted octanol–water partition coefficient (Wildman–Crippen LogP) is 4.06. The SMILES string of the molecule is COc1ccc(C2=NN(C3CCN(C(=O)c4cccc5[nH]ccc45)CC3)C(=O)C2(C)C)cc1OC. The van der Waals surface area contributed by atoms with Crippen LogP contribution in [0.5, 0.6) is 11.5 Å². The van der Waals surface area contributed by atoms with Crippen LogP contribution in [0.1, 0.15) is 42.6 Å². The molecule has 8 heteroatoms. The minimum absolute atomic E-state index is 0.0239. The van der Waals surface area contributed by atoms with Crippen molar-refractivity contribution < 1.29 is 19.1 Å². The van der Waals surface area contributed by atoms with Gasteiger partial charge in [-0.2, -0.15) is 5.10 Å². The molecule has 2 aliphatic rings. The first-order valence-corrected chi connectivity index (χ1v) is 11.9. The van der Waals surface area contributed by atoms with Crippen molar-refractivity contribution in [1.29, 1.82) is 0 Å². The summed E-state index contributed by atoms with van der Waals surface area (Å²) in [7, 11) is 3.18. The number of hydrazone groups is 1. The van der Waals surface area contributed by atoms with Crippen LogP contribution < -0.4 is 9.47 Å². The molecule has 0 atom stereocenters. The fourth-order valence-electron chi connectivity index (χ4n) is 5.07. The number of nitrogens with one attached hydrogen (secondary N) is 1. The summed E-state index contributed by atoms with van der Waals surface area (Å²) >= 11 is 0. The van der Waals surface area contributed by atoms with E-state index in [1.54, 1.807) is 19.2 Å². The number of H-pyrrole nitrogens is 1. The molecular weight excluding hydrogens is 444 g/mol. The predicted molar refractivity (Wildman–Crippen MR) is 134 cm³/mol. The summed E-state index contributed by atoms with van der Waals surface area (Å²) in [5, 5.41) is 7.38. The number of fused-ring (bicyclic) bond motifs is 1. The molecule has 1 N–H and O–H groups in total. The molecule has 3 heterocycles. The molecule has 182 valence electrons. The normalized spacial score (nSPS) is 18.2. The fourth-order valence-corrected chi connectivity index (χ4v) is 5.07. The summed E-state index contributed by atoms with van der Waals surface area (Å²) < 4.78 is 10.8. The van der Waals surface area contributed by atoms with E-state index in [-0.39, 0.29) is 17.9 Å². The number of ether oxygens (including phenoxy) is 2. The Bertz CT molecular complexity index is 1320. The highest BCUT2D eigenvalue weighted by molar-refractivity contribution is 6.19. The number of methoxy groups -OCH3 is 2. The van der Waals surface area contributed by atoms with Crippen LogP contribution in [-0.2, 0) is 4.79 Å². The summed E-state index contributed by atoms with van der Waals surface area (Å²) in [4.78, 5) is 31.7. The van der Waals surface area contributed by atoms with Crippen LogP contribution in [0.3, 0.4) is 0 Å². The van der Waals surface area contributed by atoms with Gasteiger partial charge in [0, 0.05) is 41.3 Å². The first kappa shape index (κ1) is 23.0. The molecule has 35 heavy (non-hydrogen) atoms. The highest BCUT2D eigenvalue weighted by Gasteiger charge is 2.47. The van der Waals surface area contributed by atoms with Crippen LogP contribution in [-0.4, -0.2) is 65.8 Å². The number of hydrogen-bond acceptors (Lipinski definition) is 5. The van der Waals surface area contributed by atoms with E-state index >= 15 is 0 Å². The van der Waals surface area contributed by atoms with Gasteiger partial charge in [0.2, 0.25) is 0 Å². The van der Waals surface area contributed by atoms with Gasteiger partial charge in [-0.25, -0.2) is 5.01 Å². The number of likely N-dealkylation sites (tertiary alicyclic amines) is 1. The van der Waals surface area contributed by atoms with Gasteiger partial charge >= 0.3 is 0 Å². The highest BCUT2D eigenvalue weighted by Crippen LogP contribution is 2.37. The molecule has 0 saturated carbocycles. The number of carbonyl (C=O) groups excluding carboxylic acids is 2. The molecule has 1 fully saturated rings. The molecule has 0 radical (unpaired) electrons. The van der Waals surface area contributed by atoms with Crippen molar-refractivity contribution >= 4 is 28.4 Å². The molecular formula is C27H30N4O4.